The fraction of sp³-hybridized carbons (Fsp3) is 0. The molecule has 0 aliphatic rings. The zero-order chi connectivity index (χ0) is 9.26. The number of hydrogen-bond donors (Lipinski definition) is 1. The van der Waals surface area contributed by atoms with Crippen molar-refractivity contribution in [1.82, 2.24) is 9.97 Å². The van der Waals surface area contributed by atoms with Gasteiger partial charge in [0.25, 0.3) is 0 Å². The third kappa shape index (κ3) is 1.69. The van der Waals surface area contributed by atoms with Gasteiger partial charge in [-0.05, 0) is 0 Å². The van der Waals surface area contributed by atoms with Crippen molar-refractivity contribution in [3.05, 3.63) is 40.6 Å². The van der Waals surface area contributed by atoms with Gasteiger partial charge in [0, 0.05) is 5.56 Å². The number of imidazole rings is 1. The molecular formula is C9H6Cl2N2. The molecule has 0 radical (unpaired) electrons. The number of aromatic nitrogens is 2. The highest BCUT2D eigenvalue weighted by molar-refractivity contribution is 6.40. The number of aromatic amines is 1. The van der Waals surface area contributed by atoms with Crippen LogP contribution in [0.1, 0.15) is 0 Å². The van der Waals surface area contributed by atoms with Gasteiger partial charge in [0.1, 0.15) is 11.0 Å². The molecule has 66 valence electrons. The second-order valence-electron chi connectivity index (χ2n) is 2.56. The van der Waals surface area contributed by atoms with Gasteiger partial charge in [-0.15, -0.1) is 0 Å². The molecule has 4 heteroatoms. The lowest BCUT2D eigenvalue weighted by atomic mass is 10.2. The van der Waals surface area contributed by atoms with Crippen LogP contribution in [-0.2, 0) is 0 Å². The summed E-state index contributed by atoms with van der Waals surface area (Å²) in [5.74, 6) is 0.690. The monoisotopic (exact) mass is 212 g/mol. The van der Waals surface area contributed by atoms with Gasteiger partial charge >= 0.3 is 0 Å². The maximum absolute atomic E-state index is 5.73. The van der Waals surface area contributed by atoms with E-state index >= 15 is 0 Å². The first-order chi connectivity index (χ1) is 6.27. The Morgan fingerprint density at radius 1 is 1.08 bits per heavy atom. The fourth-order valence-corrected chi connectivity index (χ4v) is 1.33. The molecular weight excluding hydrogens is 207 g/mol. The maximum Gasteiger partial charge on any atom is 0.166 e. The summed E-state index contributed by atoms with van der Waals surface area (Å²) in [6.07, 6.45) is 0. The van der Waals surface area contributed by atoms with Gasteiger partial charge in [0.2, 0.25) is 0 Å². The normalized spacial score (nSPS) is 10.3. The molecule has 0 aliphatic heterocycles. The minimum atomic E-state index is 0.306. The Labute approximate surface area is 85.5 Å². The highest BCUT2D eigenvalue weighted by Crippen LogP contribution is 2.23. The summed E-state index contributed by atoms with van der Waals surface area (Å²) in [6, 6.07) is 9.67. The molecule has 0 amide bonds. The zero-order valence-corrected chi connectivity index (χ0v) is 8.10. The molecule has 13 heavy (non-hydrogen) atoms. The Balaban J connectivity index is 2.48. The number of nitrogens with one attached hydrogen (secondary N) is 1. The van der Waals surface area contributed by atoms with Crippen LogP contribution in [0.3, 0.4) is 0 Å². The van der Waals surface area contributed by atoms with Crippen LogP contribution in [0.5, 0.6) is 0 Å². The molecule has 0 saturated heterocycles. The van der Waals surface area contributed by atoms with Gasteiger partial charge in [0.15, 0.2) is 5.15 Å². The third-order valence-corrected chi connectivity index (χ3v) is 2.31. The van der Waals surface area contributed by atoms with Gasteiger partial charge in [-0.25, -0.2) is 4.98 Å². The van der Waals surface area contributed by atoms with Crippen LogP contribution in [0.25, 0.3) is 11.4 Å². The lowest BCUT2D eigenvalue weighted by Crippen LogP contribution is -1.77. The molecule has 1 aromatic carbocycles. The number of nitrogens with zero attached hydrogens (tertiary/aromatic N) is 1. The van der Waals surface area contributed by atoms with Gasteiger partial charge in [-0.3, -0.25) is 0 Å². The van der Waals surface area contributed by atoms with Crippen LogP contribution in [-0.4, -0.2) is 9.97 Å². The number of H-pyrrole nitrogens is 1. The van der Waals surface area contributed by atoms with E-state index in [9.17, 15) is 0 Å². The standard InChI is InChI=1S/C9H6Cl2N2/c10-7-8(11)13-9(12-7)6-4-2-1-3-5-6/h1-5H,(H,12,13). The first-order valence-corrected chi connectivity index (χ1v) is 4.49. The first kappa shape index (κ1) is 8.60. The topological polar surface area (TPSA) is 28.7 Å². The number of halogens is 2. The van der Waals surface area contributed by atoms with Crippen LogP contribution >= 0.6 is 23.2 Å². The van der Waals surface area contributed by atoms with Gasteiger partial charge in [-0.1, -0.05) is 53.5 Å². The number of rotatable bonds is 1. The summed E-state index contributed by atoms with van der Waals surface area (Å²) in [7, 11) is 0. The highest BCUT2D eigenvalue weighted by Gasteiger charge is 2.06. The lowest BCUT2D eigenvalue weighted by Gasteiger charge is -1.93. The molecule has 2 nitrogen and oxygen atoms in total. The molecule has 0 saturated carbocycles. The zero-order valence-electron chi connectivity index (χ0n) is 6.59. The minimum absolute atomic E-state index is 0.306. The average molecular weight is 213 g/mol. The van der Waals surface area contributed by atoms with Crippen molar-refractivity contribution in [3.63, 3.8) is 0 Å². The van der Waals surface area contributed by atoms with Crippen molar-refractivity contribution < 1.29 is 0 Å². The van der Waals surface area contributed by atoms with Crippen molar-refractivity contribution in [2.75, 3.05) is 0 Å². The van der Waals surface area contributed by atoms with E-state index in [1.807, 2.05) is 30.3 Å². The molecule has 0 atom stereocenters. The van der Waals surface area contributed by atoms with Crippen LogP contribution in [0.2, 0.25) is 10.3 Å². The van der Waals surface area contributed by atoms with E-state index in [1.165, 1.54) is 0 Å². The SMILES string of the molecule is Clc1nc(-c2ccccc2)[nH]c1Cl. The summed E-state index contributed by atoms with van der Waals surface area (Å²) in [6.45, 7) is 0. The largest absolute Gasteiger partial charge is 0.328 e. The second-order valence-corrected chi connectivity index (χ2v) is 3.29. The van der Waals surface area contributed by atoms with Gasteiger partial charge in [-0.2, -0.15) is 0 Å². The molecule has 2 aromatic rings. The predicted molar refractivity (Wildman–Crippen MR) is 54.0 cm³/mol. The maximum atomic E-state index is 5.73. The minimum Gasteiger partial charge on any atom is -0.328 e. The van der Waals surface area contributed by atoms with E-state index in [2.05, 4.69) is 9.97 Å². The first-order valence-electron chi connectivity index (χ1n) is 3.74. The molecule has 1 N–H and O–H groups in total. The third-order valence-electron chi connectivity index (χ3n) is 1.67. The van der Waals surface area contributed by atoms with Gasteiger partial charge in [0.05, 0.1) is 0 Å². The molecule has 1 aromatic heterocycles. The van der Waals surface area contributed by atoms with Crippen LogP contribution in [0, 0.1) is 0 Å². The van der Waals surface area contributed by atoms with Crippen LogP contribution < -0.4 is 0 Å². The molecule has 0 spiro atoms. The Kier molecular flexibility index (Phi) is 2.25. The summed E-state index contributed by atoms with van der Waals surface area (Å²) in [5, 5.41) is 0.682. The van der Waals surface area contributed by atoms with Crippen molar-refractivity contribution in [3.8, 4) is 11.4 Å². The molecule has 2 rings (SSSR count). The quantitative estimate of drug-likeness (QED) is 0.772. The molecule has 0 aliphatic carbocycles. The van der Waals surface area contributed by atoms with Crippen LogP contribution in [0.15, 0.2) is 30.3 Å². The van der Waals surface area contributed by atoms with E-state index in [1.54, 1.807) is 0 Å². The number of hydrogen-bond acceptors (Lipinski definition) is 1. The van der Waals surface area contributed by atoms with Crippen molar-refractivity contribution in [1.29, 1.82) is 0 Å². The summed E-state index contributed by atoms with van der Waals surface area (Å²) in [5.41, 5.74) is 0.969. The molecule has 0 unspecified atom stereocenters. The molecule has 1 heterocycles. The van der Waals surface area contributed by atoms with Crippen molar-refractivity contribution in [2.45, 2.75) is 0 Å². The Bertz CT molecular complexity index is 389. The van der Waals surface area contributed by atoms with E-state index in [4.69, 9.17) is 23.2 Å². The van der Waals surface area contributed by atoms with E-state index in [-0.39, 0.29) is 0 Å². The van der Waals surface area contributed by atoms with E-state index in [0.717, 1.165) is 5.56 Å². The second kappa shape index (κ2) is 3.40. The Morgan fingerprint density at radius 3 is 2.31 bits per heavy atom. The van der Waals surface area contributed by atoms with E-state index < -0.39 is 0 Å². The van der Waals surface area contributed by atoms with Gasteiger partial charge < -0.3 is 4.98 Å². The molecule has 0 fully saturated rings. The average Bonchev–Trinajstić information content (AvgIpc) is 2.49. The Hall–Kier alpha value is -0.990. The lowest BCUT2D eigenvalue weighted by molar-refractivity contribution is 1.31. The smallest absolute Gasteiger partial charge is 0.166 e. The molecule has 0 bridgehead atoms. The summed E-state index contributed by atoms with van der Waals surface area (Å²) < 4.78 is 0. The summed E-state index contributed by atoms with van der Waals surface area (Å²) in [4.78, 5) is 6.94. The summed E-state index contributed by atoms with van der Waals surface area (Å²) >= 11 is 11.4. The Morgan fingerprint density at radius 2 is 1.77 bits per heavy atom. The van der Waals surface area contributed by atoms with Crippen molar-refractivity contribution in [2.24, 2.45) is 0 Å². The van der Waals surface area contributed by atoms with Crippen molar-refractivity contribution >= 4 is 23.2 Å². The van der Waals surface area contributed by atoms with Crippen LogP contribution in [0.4, 0.5) is 0 Å². The fourth-order valence-electron chi connectivity index (χ4n) is 1.06. The van der Waals surface area contributed by atoms with E-state index in [0.29, 0.717) is 16.1 Å². The highest BCUT2D eigenvalue weighted by atomic mass is 35.5. The predicted octanol–water partition coefficient (Wildman–Crippen LogP) is 3.38. The number of benzene rings is 1.